The van der Waals surface area contributed by atoms with Gasteiger partial charge in [0.1, 0.15) is 24.7 Å². The Bertz CT molecular complexity index is 1700. The third kappa shape index (κ3) is 8.67. The molecule has 0 spiro atoms. The highest BCUT2D eigenvalue weighted by Gasteiger charge is 2.14. The van der Waals surface area contributed by atoms with Gasteiger partial charge in [-0.05, 0) is 97.1 Å². The van der Waals surface area contributed by atoms with E-state index in [1.165, 1.54) is 0 Å². The van der Waals surface area contributed by atoms with E-state index in [0.717, 1.165) is 17.1 Å². The highest BCUT2D eigenvalue weighted by molar-refractivity contribution is 7.80. The molecule has 0 atom stereocenters. The number of anilines is 4. The molecule has 0 saturated carbocycles. The first-order chi connectivity index (χ1) is 21.5. The van der Waals surface area contributed by atoms with Gasteiger partial charge in [0.15, 0.2) is 5.11 Å². The fourth-order valence-electron chi connectivity index (χ4n) is 4.18. The van der Waals surface area contributed by atoms with E-state index in [-0.39, 0.29) is 11.0 Å². The predicted molar refractivity (Wildman–Crippen MR) is 178 cm³/mol. The van der Waals surface area contributed by atoms with Gasteiger partial charge in [-0.1, -0.05) is 48.5 Å². The summed E-state index contributed by atoms with van der Waals surface area (Å²) in [6.07, 6.45) is 0. The molecule has 0 radical (unpaired) electrons. The molecule has 0 aliphatic rings. The average molecular weight is 603 g/mol. The number of rotatable bonds is 11. The molecule has 5 rings (SSSR count). The van der Waals surface area contributed by atoms with Crippen molar-refractivity contribution in [2.24, 2.45) is 0 Å². The van der Waals surface area contributed by atoms with E-state index in [0.29, 0.717) is 41.5 Å². The van der Waals surface area contributed by atoms with Gasteiger partial charge in [0.25, 0.3) is 11.8 Å². The Balaban J connectivity index is 1.11. The molecule has 44 heavy (non-hydrogen) atoms. The lowest BCUT2D eigenvalue weighted by molar-refractivity contribution is 0.0976. The zero-order valence-electron chi connectivity index (χ0n) is 23.7. The van der Waals surface area contributed by atoms with Gasteiger partial charge in [-0.3, -0.25) is 14.9 Å². The number of carbonyl (C=O) groups is 2. The van der Waals surface area contributed by atoms with Crippen LogP contribution in [0.25, 0.3) is 0 Å². The highest BCUT2D eigenvalue weighted by atomic mass is 32.1. The minimum absolute atomic E-state index is 0.0602. The van der Waals surface area contributed by atoms with Gasteiger partial charge in [-0.15, -0.1) is 0 Å². The van der Waals surface area contributed by atoms with Crippen LogP contribution in [0.5, 0.6) is 11.5 Å². The quantitative estimate of drug-likeness (QED) is 0.0932. The molecule has 0 saturated heterocycles. The van der Waals surface area contributed by atoms with Crippen LogP contribution in [-0.2, 0) is 0 Å². The van der Waals surface area contributed by atoms with E-state index < -0.39 is 5.91 Å². The van der Waals surface area contributed by atoms with Crippen molar-refractivity contribution in [2.45, 2.75) is 0 Å². The first kappa shape index (κ1) is 29.8. The maximum absolute atomic E-state index is 13.1. The molecule has 220 valence electrons. The summed E-state index contributed by atoms with van der Waals surface area (Å²) < 4.78 is 11.3. The van der Waals surface area contributed by atoms with Crippen molar-refractivity contribution >= 4 is 51.9 Å². The minimum Gasteiger partial charge on any atom is -0.490 e. The standard InChI is InChI=1S/C35H30N4O4S/c40-33(25-15-21-30(22-16-25)43-24-23-42-29-11-5-2-6-12-29)39-35(44)38-32-14-8-7-13-31(32)34(41)37-28-19-17-27(18-20-28)36-26-9-3-1-4-10-26/h1-22,36H,23-24H2,(H,37,41)(H2,38,39,40,44). The minimum atomic E-state index is -0.396. The summed E-state index contributed by atoms with van der Waals surface area (Å²) in [5, 5.41) is 11.9. The van der Waals surface area contributed by atoms with E-state index >= 15 is 0 Å². The normalized spacial score (nSPS) is 10.3. The van der Waals surface area contributed by atoms with E-state index in [1.807, 2.05) is 84.9 Å². The summed E-state index contributed by atoms with van der Waals surface area (Å²) in [6, 6.07) is 40.4. The van der Waals surface area contributed by atoms with Gasteiger partial charge in [-0.25, -0.2) is 0 Å². The number of thiocarbonyl (C=S) groups is 1. The molecule has 5 aromatic rings. The fourth-order valence-corrected chi connectivity index (χ4v) is 4.38. The van der Waals surface area contributed by atoms with E-state index in [2.05, 4.69) is 21.3 Å². The lowest BCUT2D eigenvalue weighted by Crippen LogP contribution is -2.34. The maximum atomic E-state index is 13.1. The Labute approximate surface area is 261 Å². The van der Waals surface area contributed by atoms with Crippen molar-refractivity contribution < 1.29 is 19.1 Å². The Hall–Kier alpha value is -5.67. The summed E-state index contributed by atoms with van der Waals surface area (Å²) in [7, 11) is 0. The maximum Gasteiger partial charge on any atom is 0.257 e. The van der Waals surface area contributed by atoms with E-state index in [1.54, 1.807) is 48.5 Å². The molecule has 5 aromatic carbocycles. The number of ether oxygens (including phenoxy) is 2. The van der Waals surface area contributed by atoms with Crippen molar-refractivity contribution in [2.75, 3.05) is 29.2 Å². The lowest BCUT2D eigenvalue weighted by Gasteiger charge is -2.14. The summed E-state index contributed by atoms with van der Waals surface area (Å²) in [5.41, 5.74) is 3.73. The fraction of sp³-hybridized carbons (Fsp3) is 0.0571. The Morgan fingerprint density at radius 2 is 1.09 bits per heavy atom. The lowest BCUT2D eigenvalue weighted by atomic mass is 10.1. The molecule has 0 fully saturated rings. The molecule has 0 bridgehead atoms. The third-order valence-electron chi connectivity index (χ3n) is 6.33. The molecule has 9 heteroatoms. The van der Waals surface area contributed by atoms with Crippen LogP contribution in [0.3, 0.4) is 0 Å². The first-order valence-electron chi connectivity index (χ1n) is 13.9. The second-order valence-corrected chi connectivity index (χ2v) is 9.92. The van der Waals surface area contributed by atoms with Crippen LogP contribution >= 0.6 is 12.2 Å². The van der Waals surface area contributed by atoms with Crippen LogP contribution in [0.4, 0.5) is 22.7 Å². The monoisotopic (exact) mass is 602 g/mol. The Kier molecular flexibility index (Phi) is 10.2. The second kappa shape index (κ2) is 15.0. The van der Waals surface area contributed by atoms with Gasteiger partial charge in [0.2, 0.25) is 0 Å². The van der Waals surface area contributed by atoms with Crippen LogP contribution < -0.4 is 30.7 Å². The second-order valence-electron chi connectivity index (χ2n) is 9.51. The number of carbonyl (C=O) groups excluding carboxylic acids is 2. The predicted octanol–water partition coefficient (Wildman–Crippen LogP) is 7.27. The molecular formula is C35H30N4O4S. The third-order valence-corrected chi connectivity index (χ3v) is 6.54. The number of nitrogens with one attached hydrogen (secondary N) is 4. The van der Waals surface area contributed by atoms with Crippen molar-refractivity contribution in [3.8, 4) is 11.5 Å². The molecule has 2 amide bonds. The van der Waals surface area contributed by atoms with Crippen LogP contribution in [0, 0.1) is 0 Å². The van der Waals surface area contributed by atoms with Crippen molar-refractivity contribution in [1.29, 1.82) is 0 Å². The van der Waals surface area contributed by atoms with Gasteiger partial charge >= 0.3 is 0 Å². The smallest absolute Gasteiger partial charge is 0.257 e. The van der Waals surface area contributed by atoms with Crippen molar-refractivity contribution in [3.63, 3.8) is 0 Å². The largest absolute Gasteiger partial charge is 0.490 e. The van der Waals surface area contributed by atoms with Gasteiger partial charge in [0, 0.05) is 22.6 Å². The van der Waals surface area contributed by atoms with E-state index in [4.69, 9.17) is 21.7 Å². The molecule has 4 N–H and O–H groups in total. The van der Waals surface area contributed by atoms with Crippen LogP contribution in [0.1, 0.15) is 20.7 Å². The molecule has 0 aliphatic carbocycles. The SMILES string of the molecule is O=C(NC(=S)Nc1ccccc1C(=O)Nc1ccc(Nc2ccccc2)cc1)c1ccc(OCCOc2ccccc2)cc1. The summed E-state index contributed by atoms with van der Waals surface area (Å²) >= 11 is 5.37. The number of hydrogen-bond acceptors (Lipinski definition) is 6. The van der Waals surface area contributed by atoms with Crippen LogP contribution in [0.15, 0.2) is 133 Å². The number of para-hydroxylation sites is 3. The Morgan fingerprint density at radius 3 is 1.77 bits per heavy atom. The zero-order valence-corrected chi connectivity index (χ0v) is 24.5. The molecule has 0 unspecified atom stereocenters. The number of amides is 2. The summed E-state index contributed by atoms with van der Waals surface area (Å²) in [6.45, 7) is 0.752. The van der Waals surface area contributed by atoms with E-state index in [9.17, 15) is 9.59 Å². The number of benzene rings is 5. The molecule has 0 heterocycles. The number of hydrogen-bond donors (Lipinski definition) is 4. The first-order valence-corrected chi connectivity index (χ1v) is 14.3. The average Bonchev–Trinajstić information content (AvgIpc) is 3.05. The van der Waals surface area contributed by atoms with Gasteiger partial charge in [-0.2, -0.15) is 0 Å². The van der Waals surface area contributed by atoms with Crippen LogP contribution in [-0.4, -0.2) is 30.1 Å². The summed E-state index contributed by atoms with van der Waals surface area (Å²) in [4.78, 5) is 25.9. The molecule has 8 nitrogen and oxygen atoms in total. The molecule has 0 aliphatic heterocycles. The molecule has 0 aromatic heterocycles. The van der Waals surface area contributed by atoms with Gasteiger partial charge < -0.3 is 25.4 Å². The molecular weight excluding hydrogens is 572 g/mol. The van der Waals surface area contributed by atoms with Gasteiger partial charge in [0.05, 0.1) is 11.3 Å². The Morgan fingerprint density at radius 1 is 0.545 bits per heavy atom. The van der Waals surface area contributed by atoms with Crippen molar-refractivity contribution in [3.05, 3.63) is 145 Å². The topological polar surface area (TPSA) is 101 Å². The highest BCUT2D eigenvalue weighted by Crippen LogP contribution is 2.21. The summed E-state index contributed by atoms with van der Waals surface area (Å²) in [5.74, 6) is 0.669. The zero-order chi connectivity index (χ0) is 30.6. The van der Waals surface area contributed by atoms with Crippen LogP contribution in [0.2, 0.25) is 0 Å². The van der Waals surface area contributed by atoms with Crippen molar-refractivity contribution in [1.82, 2.24) is 5.32 Å².